The van der Waals surface area contributed by atoms with Crippen molar-refractivity contribution in [2.24, 2.45) is 5.73 Å². The molecule has 1 atom stereocenters. The number of halogens is 1. The van der Waals surface area contributed by atoms with E-state index in [2.05, 4.69) is 0 Å². The Labute approximate surface area is 193 Å². The molecule has 0 saturated heterocycles. The predicted molar refractivity (Wildman–Crippen MR) is 124 cm³/mol. The summed E-state index contributed by atoms with van der Waals surface area (Å²) >= 11 is 0. The number of ether oxygens (including phenoxy) is 2. The van der Waals surface area contributed by atoms with Gasteiger partial charge >= 0.3 is 0 Å². The Kier molecular flexibility index (Phi) is 8.00. The van der Waals surface area contributed by atoms with Crippen LogP contribution < -0.4 is 10.5 Å². The van der Waals surface area contributed by atoms with Crippen molar-refractivity contribution in [3.05, 3.63) is 101 Å². The van der Waals surface area contributed by atoms with Crippen molar-refractivity contribution in [2.75, 3.05) is 19.8 Å². The SMILES string of the molecule is Cl.NCCOc1ccc2c(c1)C(=O)N([C@H](COCc1ccccc1)c1ccccc1)C2=O. The van der Waals surface area contributed by atoms with Gasteiger partial charge in [0, 0.05) is 6.54 Å². The summed E-state index contributed by atoms with van der Waals surface area (Å²) < 4.78 is 11.5. The highest BCUT2D eigenvalue weighted by atomic mass is 35.5. The zero-order valence-electron chi connectivity index (χ0n) is 17.5. The molecule has 2 N–H and O–H groups in total. The molecule has 1 heterocycles. The largest absolute Gasteiger partial charge is 0.492 e. The number of rotatable bonds is 9. The van der Waals surface area contributed by atoms with Crippen LogP contribution in [-0.2, 0) is 11.3 Å². The minimum Gasteiger partial charge on any atom is -0.492 e. The molecule has 0 saturated carbocycles. The van der Waals surface area contributed by atoms with Crippen molar-refractivity contribution >= 4 is 24.2 Å². The first-order valence-corrected chi connectivity index (χ1v) is 10.2. The molecule has 3 aromatic rings. The van der Waals surface area contributed by atoms with E-state index < -0.39 is 6.04 Å². The van der Waals surface area contributed by atoms with Gasteiger partial charge in [0.1, 0.15) is 12.4 Å². The van der Waals surface area contributed by atoms with Gasteiger partial charge < -0.3 is 15.2 Å². The monoisotopic (exact) mass is 452 g/mol. The predicted octanol–water partition coefficient (Wildman–Crippen LogP) is 4.00. The molecular weight excluding hydrogens is 428 g/mol. The molecule has 6 nitrogen and oxygen atoms in total. The molecule has 1 aliphatic rings. The van der Waals surface area contributed by atoms with Crippen LogP contribution in [-0.4, -0.2) is 36.5 Å². The summed E-state index contributed by atoms with van der Waals surface area (Å²) in [5.41, 5.74) is 8.06. The van der Waals surface area contributed by atoms with E-state index in [1.54, 1.807) is 18.2 Å². The molecular formula is C25H25ClN2O4. The molecule has 0 aliphatic carbocycles. The standard InChI is InChI=1S/C25H24N2O4.ClH/c26-13-14-31-20-11-12-21-22(15-20)25(29)27(24(21)28)23(19-9-5-2-6-10-19)17-30-16-18-7-3-1-4-8-18;/h1-12,15,23H,13-14,16-17,26H2;1H/t23-;/m1./s1. The van der Waals surface area contributed by atoms with Gasteiger partial charge in [-0.05, 0) is 29.3 Å². The highest BCUT2D eigenvalue weighted by molar-refractivity contribution is 6.21. The number of carbonyl (C=O) groups excluding carboxylic acids is 2. The molecule has 0 aromatic heterocycles. The van der Waals surface area contributed by atoms with Crippen molar-refractivity contribution < 1.29 is 19.1 Å². The third-order valence-electron chi connectivity index (χ3n) is 5.16. The molecule has 0 radical (unpaired) electrons. The Morgan fingerprint density at radius 1 is 0.844 bits per heavy atom. The van der Waals surface area contributed by atoms with E-state index >= 15 is 0 Å². The molecule has 0 unspecified atom stereocenters. The second-order valence-corrected chi connectivity index (χ2v) is 7.25. The molecule has 2 amide bonds. The number of nitrogens with zero attached hydrogens (tertiary/aromatic N) is 1. The molecule has 0 bridgehead atoms. The normalized spacial score (nSPS) is 13.5. The van der Waals surface area contributed by atoms with Gasteiger partial charge in [0.25, 0.3) is 11.8 Å². The summed E-state index contributed by atoms with van der Waals surface area (Å²) in [6.07, 6.45) is 0. The number of fused-ring (bicyclic) bond motifs is 1. The van der Waals surface area contributed by atoms with Crippen LogP contribution >= 0.6 is 12.4 Å². The number of hydrogen-bond donors (Lipinski definition) is 1. The molecule has 32 heavy (non-hydrogen) atoms. The van der Waals surface area contributed by atoms with Gasteiger partial charge in [-0.1, -0.05) is 60.7 Å². The summed E-state index contributed by atoms with van der Waals surface area (Å²) in [5.74, 6) is -0.165. The van der Waals surface area contributed by atoms with Gasteiger partial charge in [-0.2, -0.15) is 0 Å². The van der Waals surface area contributed by atoms with Crippen LogP contribution in [0.4, 0.5) is 0 Å². The van der Waals surface area contributed by atoms with E-state index in [0.29, 0.717) is 36.6 Å². The van der Waals surface area contributed by atoms with E-state index in [-0.39, 0.29) is 30.8 Å². The zero-order chi connectivity index (χ0) is 21.6. The molecule has 0 fully saturated rings. The first-order valence-electron chi connectivity index (χ1n) is 10.2. The van der Waals surface area contributed by atoms with Gasteiger partial charge in [0.15, 0.2) is 0 Å². The lowest BCUT2D eigenvalue weighted by Gasteiger charge is -2.26. The second kappa shape index (κ2) is 10.9. The lowest BCUT2D eigenvalue weighted by molar-refractivity contribution is 0.0359. The molecule has 1 aliphatic heterocycles. The van der Waals surface area contributed by atoms with Crippen LogP contribution in [0.3, 0.4) is 0 Å². The van der Waals surface area contributed by atoms with Crippen LogP contribution in [0.2, 0.25) is 0 Å². The number of imide groups is 1. The number of nitrogens with two attached hydrogens (primary N) is 1. The average Bonchev–Trinajstić information content (AvgIpc) is 3.06. The van der Waals surface area contributed by atoms with Crippen LogP contribution in [0.1, 0.15) is 37.9 Å². The summed E-state index contributed by atoms with van der Waals surface area (Å²) in [7, 11) is 0. The summed E-state index contributed by atoms with van der Waals surface area (Å²) in [5, 5.41) is 0. The minimum absolute atomic E-state index is 0. The maximum absolute atomic E-state index is 13.3. The fourth-order valence-corrected chi connectivity index (χ4v) is 3.65. The third kappa shape index (κ3) is 4.99. The van der Waals surface area contributed by atoms with Crippen LogP contribution in [0.15, 0.2) is 78.9 Å². The third-order valence-corrected chi connectivity index (χ3v) is 5.16. The van der Waals surface area contributed by atoms with Gasteiger partial charge in [0.05, 0.1) is 30.4 Å². The van der Waals surface area contributed by atoms with E-state index in [4.69, 9.17) is 15.2 Å². The van der Waals surface area contributed by atoms with Crippen LogP contribution in [0.5, 0.6) is 5.75 Å². The van der Waals surface area contributed by atoms with Crippen molar-refractivity contribution in [3.8, 4) is 5.75 Å². The number of amides is 2. The van der Waals surface area contributed by atoms with E-state index in [9.17, 15) is 9.59 Å². The lowest BCUT2D eigenvalue weighted by Crippen LogP contribution is -2.36. The minimum atomic E-state index is -0.536. The van der Waals surface area contributed by atoms with Crippen molar-refractivity contribution in [2.45, 2.75) is 12.6 Å². The molecule has 0 spiro atoms. The Balaban J connectivity index is 0.00000289. The maximum atomic E-state index is 13.3. The second-order valence-electron chi connectivity index (χ2n) is 7.25. The first-order chi connectivity index (χ1) is 15.2. The van der Waals surface area contributed by atoms with E-state index in [1.807, 2.05) is 60.7 Å². The Morgan fingerprint density at radius 2 is 1.50 bits per heavy atom. The highest BCUT2D eigenvalue weighted by Crippen LogP contribution is 2.33. The van der Waals surface area contributed by atoms with Crippen LogP contribution in [0.25, 0.3) is 0 Å². The molecule has 3 aromatic carbocycles. The van der Waals surface area contributed by atoms with E-state index in [0.717, 1.165) is 11.1 Å². The summed E-state index contributed by atoms with van der Waals surface area (Å²) in [6, 6.07) is 23.6. The Morgan fingerprint density at radius 3 is 2.19 bits per heavy atom. The topological polar surface area (TPSA) is 81.9 Å². The van der Waals surface area contributed by atoms with E-state index in [1.165, 1.54) is 4.90 Å². The Bertz CT molecular complexity index is 1060. The van der Waals surface area contributed by atoms with Crippen LogP contribution in [0, 0.1) is 0 Å². The molecule has 166 valence electrons. The smallest absolute Gasteiger partial charge is 0.262 e. The van der Waals surface area contributed by atoms with Crippen molar-refractivity contribution in [1.29, 1.82) is 0 Å². The number of carbonyl (C=O) groups is 2. The number of hydrogen-bond acceptors (Lipinski definition) is 5. The molecule has 4 rings (SSSR count). The van der Waals surface area contributed by atoms with Crippen molar-refractivity contribution in [3.63, 3.8) is 0 Å². The first kappa shape index (κ1) is 23.5. The highest BCUT2D eigenvalue weighted by Gasteiger charge is 2.41. The van der Waals surface area contributed by atoms with Gasteiger partial charge in [-0.15, -0.1) is 12.4 Å². The Hall–Kier alpha value is -3.19. The summed E-state index contributed by atoms with van der Waals surface area (Å²) in [4.78, 5) is 27.7. The summed E-state index contributed by atoms with van der Waals surface area (Å²) in [6.45, 7) is 1.29. The maximum Gasteiger partial charge on any atom is 0.262 e. The molecule has 7 heteroatoms. The lowest BCUT2D eigenvalue weighted by atomic mass is 10.1. The van der Waals surface area contributed by atoms with Gasteiger partial charge in [-0.3, -0.25) is 14.5 Å². The van der Waals surface area contributed by atoms with Gasteiger partial charge in [0.2, 0.25) is 0 Å². The average molecular weight is 453 g/mol. The zero-order valence-corrected chi connectivity index (χ0v) is 18.3. The fourth-order valence-electron chi connectivity index (χ4n) is 3.65. The van der Waals surface area contributed by atoms with Gasteiger partial charge in [-0.25, -0.2) is 0 Å². The quantitative estimate of drug-likeness (QED) is 0.496. The fraction of sp³-hybridized carbons (Fsp3) is 0.200. The van der Waals surface area contributed by atoms with Crippen molar-refractivity contribution in [1.82, 2.24) is 4.90 Å². The number of benzene rings is 3.